The van der Waals surface area contributed by atoms with Gasteiger partial charge in [-0.15, -0.1) is 12.4 Å². The second-order valence-corrected chi connectivity index (χ2v) is 4.46. The van der Waals surface area contributed by atoms with Crippen molar-refractivity contribution in [2.75, 3.05) is 18.4 Å². The van der Waals surface area contributed by atoms with Gasteiger partial charge in [-0.05, 0) is 32.0 Å². The average molecular weight is 257 g/mol. The molecule has 3 N–H and O–H groups in total. The molecule has 4 nitrogen and oxygen atoms in total. The summed E-state index contributed by atoms with van der Waals surface area (Å²) in [5, 5.41) is 15.5. The molecule has 1 aromatic carbocycles. The first-order chi connectivity index (χ1) is 7.62. The predicted octanol–water partition coefficient (Wildman–Crippen LogP) is 1.75. The van der Waals surface area contributed by atoms with Gasteiger partial charge in [0, 0.05) is 6.54 Å². The molecule has 1 fully saturated rings. The molecule has 94 valence electrons. The predicted molar refractivity (Wildman–Crippen MR) is 69.6 cm³/mol. The standard InChI is InChI=1S/C12H16N2O2.ClH/c1-12(6-7-13-8-12)11(16)14-9-4-2-3-5-10(9)15;/h2-5,13,15H,6-8H2,1H3,(H,14,16);1H. The lowest BCUT2D eigenvalue weighted by Gasteiger charge is -2.21. The van der Waals surface area contributed by atoms with Crippen LogP contribution in [-0.4, -0.2) is 24.1 Å². The van der Waals surface area contributed by atoms with Crippen LogP contribution in [0.4, 0.5) is 5.69 Å². The third kappa shape index (κ3) is 2.90. The van der Waals surface area contributed by atoms with Crippen LogP contribution in [-0.2, 0) is 4.79 Å². The fraction of sp³-hybridized carbons (Fsp3) is 0.417. The lowest BCUT2D eigenvalue weighted by Crippen LogP contribution is -2.35. The molecule has 0 bridgehead atoms. The van der Waals surface area contributed by atoms with Gasteiger partial charge < -0.3 is 15.7 Å². The van der Waals surface area contributed by atoms with Gasteiger partial charge >= 0.3 is 0 Å². The summed E-state index contributed by atoms with van der Waals surface area (Å²) in [6, 6.07) is 6.76. The molecule has 1 aliphatic rings. The molecule has 2 rings (SSSR count). The van der Waals surface area contributed by atoms with Crippen LogP contribution in [0.2, 0.25) is 0 Å². The van der Waals surface area contributed by atoms with E-state index in [1.165, 1.54) is 0 Å². The van der Waals surface area contributed by atoms with E-state index in [0.717, 1.165) is 13.0 Å². The van der Waals surface area contributed by atoms with E-state index in [0.29, 0.717) is 12.2 Å². The van der Waals surface area contributed by atoms with Gasteiger partial charge in [0.2, 0.25) is 5.91 Å². The number of anilines is 1. The molecule has 17 heavy (non-hydrogen) atoms. The van der Waals surface area contributed by atoms with E-state index >= 15 is 0 Å². The van der Waals surface area contributed by atoms with Crippen LogP contribution < -0.4 is 10.6 Å². The quantitative estimate of drug-likeness (QED) is 0.707. The van der Waals surface area contributed by atoms with Crippen molar-refractivity contribution in [3.8, 4) is 5.75 Å². The largest absolute Gasteiger partial charge is 0.506 e. The van der Waals surface area contributed by atoms with E-state index in [9.17, 15) is 9.90 Å². The Labute approximate surface area is 107 Å². The number of halogens is 1. The molecule has 1 aliphatic heterocycles. The number of phenols is 1. The highest BCUT2D eigenvalue weighted by Crippen LogP contribution is 2.28. The topological polar surface area (TPSA) is 61.4 Å². The maximum absolute atomic E-state index is 12.0. The van der Waals surface area contributed by atoms with Crippen LogP contribution in [0.1, 0.15) is 13.3 Å². The van der Waals surface area contributed by atoms with Crippen molar-refractivity contribution in [3.63, 3.8) is 0 Å². The van der Waals surface area contributed by atoms with Crippen molar-refractivity contribution in [3.05, 3.63) is 24.3 Å². The lowest BCUT2D eigenvalue weighted by molar-refractivity contribution is -0.123. The maximum Gasteiger partial charge on any atom is 0.231 e. The average Bonchev–Trinajstić information content (AvgIpc) is 2.70. The first kappa shape index (κ1) is 13.8. The Morgan fingerprint density at radius 3 is 2.76 bits per heavy atom. The summed E-state index contributed by atoms with van der Waals surface area (Å²) in [5.74, 6) is 0.0596. The Morgan fingerprint density at radius 2 is 2.18 bits per heavy atom. The van der Waals surface area contributed by atoms with Gasteiger partial charge in [-0.2, -0.15) is 0 Å². The maximum atomic E-state index is 12.0. The van der Waals surface area contributed by atoms with E-state index in [1.807, 2.05) is 6.92 Å². The molecule has 0 aliphatic carbocycles. The highest BCUT2D eigenvalue weighted by Gasteiger charge is 2.36. The van der Waals surface area contributed by atoms with Crippen molar-refractivity contribution < 1.29 is 9.90 Å². The zero-order valence-electron chi connectivity index (χ0n) is 9.69. The molecule has 1 aromatic rings. The number of carbonyl (C=O) groups excluding carboxylic acids is 1. The zero-order valence-corrected chi connectivity index (χ0v) is 10.5. The van der Waals surface area contributed by atoms with Crippen LogP contribution in [0.3, 0.4) is 0 Å². The summed E-state index contributed by atoms with van der Waals surface area (Å²) in [6.45, 7) is 3.49. The third-order valence-electron chi connectivity index (χ3n) is 3.07. The highest BCUT2D eigenvalue weighted by atomic mass is 35.5. The summed E-state index contributed by atoms with van der Waals surface area (Å²) in [5.41, 5.74) is 0.100. The molecule has 0 aromatic heterocycles. The van der Waals surface area contributed by atoms with E-state index in [4.69, 9.17) is 0 Å². The van der Waals surface area contributed by atoms with Crippen LogP contribution >= 0.6 is 12.4 Å². The smallest absolute Gasteiger partial charge is 0.231 e. The van der Waals surface area contributed by atoms with E-state index in [2.05, 4.69) is 10.6 Å². The third-order valence-corrected chi connectivity index (χ3v) is 3.07. The SMILES string of the molecule is CC1(C(=O)Nc2ccccc2O)CCNC1.Cl. The van der Waals surface area contributed by atoms with Gasteiger partial charge in [0.15, 0.2) is 0 Å². The number of hydrogen-bond donors (Lipinski definition) is 3. The minimum Gasteiger partial charge on any atom is -0.506 e. The summed E-state index contributed by atoms with van der Waals surface area (Å²) >= 11 is 0. The second-order valence-electron chi connectivity index (χ2n) is 4.46. The first-order valence-electron chi connectivity index (χ1n) is 5.42. The summed E-state index contributed by atoms with van der Waals surface area (Å²) < 4.78 is 0. The molecule has 1 atom stereocenters. The number of nitrogens with one attached hydrogen (secondary N) is 2. The molecule has 0 saturated carbocycles. The van der Waals surface area contributed by atoms with Crippen molar-refractivity contribution in [2.45, 2.75) is 13.3 Å². The number of aromatic hydroxyl groups is 1. The first-order valence-corrected chi connectivity index (χ1v) is 5.42. The van der Waals surface area contributed by atoms with Gasteiger partial charge in [0.1, 0.15) is 5.75 Å². The van der Waals surface area contributed by atoms with Gasteiger partial charge in [0.05, 0.1) is 11.1 Å². The van der Waals surface area contributed by atoms with Crippen LogP contribution in [0, 0.1) is 5.41 Å². The van der Waals surface area contributed by atoms with Gasteiger partial charge in [-0.25, -0.2) is 0 Å². The van der Waals surface area contributed by atoms with E-state index in [-0.39, 0.29) is 29.5 Å². The van der Waals surface area contributed by atoms with Crippen LogP contribution in [0.15, 0.2) is 24.3 Å². The summed E-state index contributed by atoms with van der Waals surface area (Å²) in [7, 11) is 0. The van der Waals surface area contributed by atoms with Gasteiger partial charge in [-0.3, -0.25) is 4.79 Å². The Morgan fingerprint density at radius 1 is 1.47 bits per heavy atom. The van der Waals surface area contributed by atoms with Crippen molar-refractivity contribution in [1.82, 2.24) is 5.32 Å². The van der Waals surface area contributed by atoms with Gasteiger partial charge in [-0.1, -0.05) is 12.1 Å². The normalized spacial score (nSPS) is 22.9. The van der Waals surface area contributed by atoms with Crippen molar-refractivity contribution in [2.24, 2.45) is 5.41 Å². The number of phenolic OH excluding ortho intramolecular Hbond substituents is 1. The molecular weight excluding hydrogens is 240 g/mol. The molecule has 1 unspecified atom stereocenters. The van der Waals surface area contributed by atoms with Crippen LogP contribution in [0.5, 0.6) is 5.75 Å². The number of amides is 1. The Kier molecular flexibility index (Phi) is 4.37. The van der Waals surface area contributed by atoms with Crippen molar-refractivity contribution in [1.29, 1.82) is 0 Å². The highest BCUT2D eigenvalue weighted by molar-refractivity contribution is 5.96. The van der Waals surface area contributed by atoms with E-state index in [1.54, 1.807) is 24.3 Å². The molecule has 1 amide bonds. The number of carbonyl (C=O) groups is 1. The monoisotopic (exact) mass is 256 g/mol. The summed E-state index contributed by atoms with van der Waals surface area (Å²) in [4.78, 5) is 12.0. The van der Waals surface area contributed by atoms with E-state index < -0.39 is 0 Å². The molecule has 0 spiro atoms. The minimum atomic E-state index is -0.373. The Balaban J connectivity index is 0.00000144. The van der Waals surface area contributed by atoms with Gasteiger partial charge in [0.25, 0.3) is 0 Å². The minimum absolute atomic E-state index is 0. The summed E-state index contributed by atoms with van der Waals surface area (Å²) in [6.07, 6.45) is 0.826. The molecule has 5 heteroatoms. The number of rotatable bonds is 2. The molecule has 1 heterocycles. The van der Waals surface area contributed by atoms with Crippen LogP contribution in [0.25, 0.3) is 0 Å². The fourth-order valence-corrected chi connectivity index (χ4v) is 1.86. The zero-order chi connectivity index (χ0) is 11.6. The molecule has 0 radical (unpaired) electrons. The molecular formula is C12H17ClN2O2. The molecule has 1 saturated heterocycles. The Hall–Kier alpha value is -1.26. The second kappa shape index (κ2) is 5.38. The Bertz CT molecular complexity index is 403. The van der Waals surface area contributed by atoms with Crippen molar-refractivity contribution >= 4 is 24.0 Å². The number of benzene rings is 1. The lowest BCUT2D eigenvalue weighted by atomic mass is 9.89. The fourth-order valence-electron chi connectivity index (χ4n) is 1.86. The number of hydrogen-bond acceptors (Lipinski definition) is 3. The number of para-hydroxylation sites is 2.